The molecule has 8 nitrogen and oxygen atoms in total. The lowest BCUT2D eigenvalue weighted by Gasteiger charge is -2.21. The average molecular weight is 411 g/mol. The molecule has 0 aliphatic carbocycles. The van der Waals surface area contributed by atoms with Gasteiger partial charge in [0.15, 0.2) is 0 Å². The van der Waals surface area contributed by atoms with Crippen LogP contribution in [0.4, 0.5) is 16.2 Å². The molecule has 3 amide bonds. The fourth-order valence-corrected chi connectivity index (χ4v) is 3.93. The van der Waals surface area contributed by atoms with E-state index in [4.69, 9.17) is 4.74 Å². The van der Waals surface area contributed by atoms with Crippen LogP contribution in [0.3, 0.4) is 0 Å². The van der Waals surface area contributed by atoms with E-state index in [1.807, 2.05) is 30.3 Å². The van der Waals surface area contributed by atoms with Crippen molar-refractivity contribution in [2.45, 2.75) is 37.3 Å². The molecule has 4 N–H and O–H groups in total. The number of amides is 3. The van der Waals surface area contributed by atoms with Crippen molar-refractivity contribution in [3.8, 4) is 0 Å². The Morgan fingerprint density at radius 2 is 1.70 bits per heavy atom. The lowest BCUT2D eigenvalue weighted by Crippen LogP contribution is -2.41. The van der Waals surface area contributed by atoms with Gasteiger partial charge < -0.3 is 30.5 Å². The quantitative estimate of drug-likeness (QED) is 0.592. The van der Waals surface area contributed by atoms with E-state index < -0.39 is 30.4 Å². The fraction of sp³-hybridized carbons (Fsp3) is 0.364. The third kappa shape index (κ3) is 4.30. The van der Waals surface area contributed by atoms with Crippen molar-refractivity contribution in [2.75, 3.05) is 23.3 Å². The molecule has 2 aliphatic heterocycles. The van der Waals surface area contributed by atoms with Crippen LogP contribution in [0, 0.1) is 0 Å². The number of benzene rings is 2. The van der Waals surface area contributed by atoms with Gasteiger partial charge in [0.1, 0.15) is 18.3 Å². The molecular weight excluding hydrogens is 386 g/mol. The van der Waals surface area contributed by atoms with E-state index in [0.29, 0.717) is 12.2 Å². The molecule has 1 saturated heterocycles. The van der Waals surface area contributed by atoms with Gasteiger partial charge in [0.2, 0.25) is 5.91 Å². The number of urea groups is 1. The van der Waals surface area contributed by atoms with E-state index in [2.05, 4.69) is 10.6 Å². The zero-order valence-electron chi connectivity index (χ0n) is 16.4. The van der Waals surface area contributed by atoms with Crippen molar-refractivity contribution in [1.29, 1.82) is 0 Å². The molecule has 2 aromatic carbocycles. The number of rotatable bonds is 5. The van der Waals surface area contributed by atoms with Crippen LogP contribution in [0.5, 0.6) is 0 Å². The Balaban J connectivity index is 1.30. The standard InChI is InChI=1S/C22H25N3O5/c26-19(25-11-10-14-6-4-5-9-16(14)25)12-17-20(27)21(28)18(30-17)13-23-22(29)24-15-7-2-1-3-8-15/h1-9,17-18,20-21,27-28H,10-13H2,(H2,23,24,29). The van der Waals surface area contributed by atoms with Gasteiger partial charge in [-0.3, -0.25) is 4.79 Å². The minimum absolute atomic E-state index is 0.00807. The second-order valence-electron chi connectivity index (χ2n) is 7.52. The van der Waals surface area contributed by atoms with E-state index >= 15 is 0 Å². The van der Waals surface area contributed by atoms with Crippen molar-refractivity contribution in [2.24, 2.45) is 0 Å². The fourth-order valence-electron chi connectivity index (χ4n) is 3.93. The van der Waals surface area contributed by atoms with Crippen LogP contribution in [-0.4, -0.2) is 59.7 Å². The molecule has 0 bridgehead atoms. The second kappa shape index (κ2) is 8.83. The molecule has 8 heteroatoms. The van der Waals surface area contributed by atoms with Crippen LogP contribution in [0.2, 0.25) is 0 Å². The summed E-state index contributed by atoms with van der Waals surface area (Å²) in [5.41, 5.74) is 2.63. The maximum Gasteiger partial charge on any atom is 0.319 e. The number of ether oxygens (including phenoxy) is 1. The van der Waals surface area contributed by atoms with E-state index in [1.165, 1.54) is 0 Å². The summed E-state index contributed by atoms with van der Waals surface area (Å²) in [6, 6.07) is 16.2. The first-order valence-corrected chi connectivity index (χ1v) is 10.0. The number of para-hydroxylation sites is 2. The summed E-state index contributed by atoms with van der Waals surface area (Å²) in [5, 5.41) is 25.9. The largest absolute Gasteiger partial charge is 0.388 e. The third-order valence-corrected chi connectivity index (χ3v) is 5.52. The van der Waals surface area contributed by atoms with E-state index in [-0.39, 0.29) is 18.9 Å². The van der Waals surface area contributed by atoms with Crippen LogP contribution in [0.1, 0.15) is 12.0 Å². The highest BCUT2D eigenvalue weighted by Crippen LogP contribution is 2.30. The van der Waals surface area contributed by atoms with Gasteiger partial charge in [-0.25, -0.2) is 4.79 Å². The van der Waals surface area contributed by atoms with Crippen LogP contribution in [-0.2, 0) is 16.0 Å². The van der Waals surface area contributed by atoms with Crippen LogP contribution in [0.15, 0.2) is 54.6 Å². The smallest absolute Gasteiger partial charge is 0.319 e. The number of aliphatic hydroxyl groups excluding tert-OH is 2. The summed E-state index contributed by atoms with van der Waals surface area (Å²) in [7, 11) is 0. The SMILES string of the molecule is O=C(NCC1OC(CC(=O)N2CCc3ccccc32)C(O)C1O)Nc1ccccc1. The Morgan fingerprint density at radius 3 is 2.50 bits per heavy atom. The van der Waals surface area contributed by atoms with Gasteiger partial charge in [0.05, 0.1) is 12.5 Å². The Hall–Kier alpha value is -2.94. The van der Waals surface area contributed by atoms with Crippen molar-refractivity contribution in [3.63, 3.8) is 0 Å². The number of carbonyl (C=O) groups excluding carboxylic acids is 2. The van der Waals surface area contributed by atoms with Crippen LogP contribution in [0.25, 0.3) is 0 Å². The highest BCUT2D eigenvalue weighted by atomic mass is 16.5. The van der Waals surface area contributed by atoms with E-state index in [9.17, 15) is 19.8 Å². The molecule has 30 heavy (non-hydrogen) atoms. The van der Waals surface area contributed by atoms with Gasteiger partial charge in [-0.05, 0) is 30.2 Å². The van der Waals surface area contributed by atoms with E-state index in [0.717, 1.165) is 17.7 Å². The number of carbonyl (C=O) groups is 2. The molecule has 0 saturated carbocycles. The van der Waals surface area contributed by atoms with E-state index in [1.54, 1.807) is 29.2 Å². The maximum absolute atomic E-state index is 12.8. The molecule has 4 rings (SSSR count). The Bertz CT molecular complexity index is 907. The second-order valence-corrected chi connectivity index (χ2v) is 7.52. The van der Waals surface area contributed by atoms with Gasteiger partial charge in [-0.15, -0.1) is 0 Å². The number of nitrogens with zero attached hydrogens (tertiary/aromatic N) is 1. The number of hydrogen-bond acceptors (Lipinski definition) is 5. The Labute approximate surface area is 174 Å². The number of nitrogens with one attached hydrogen (secondary N) is 2. The maximum atomic E-state index is 12.8. The molecular formula is C22H25N3O5. The predicted molar refractivity (Wildman–Crippen MR) is 111 cm³/mol. The van der Waals surface area contributed by atoms with Gasteiger partial charge >= 0.3 is 6.03 Å². The topological polar surface area (TPSA) is 111 Å². The number of anilines is 2. The molecule has 0 spiro atoms. The van der Waals surface area contributed by atoms with Gasteiger partial charge in [0.25, 0.3) is 0 Å². The first kappa shape index (κ1) is 20.3. The summed E-state index contributed by atoms with van der Waals surface area (Å²) < 4.78 is 5.71. The summed E-state index contributed by atoms with van der Waals surface area (Å²) >= 11 is 0. The van der Waals surface area contributed by atoms with Gasteiger partial charge in [0, 0.05) is 24.5 Å². The predicted octanol–water partition coefficient (Wildman–Crippen LogP) is 1.28. The lowest BCUT2D eigenvalue weighted by atomic mass is 10.0. The molecule has 0 radical (unpaired) electrons. The zero-order valence-corrected chi connectivity index (χ0v) is 16.4. The van der Waals surface area contributed by atoms with Crippen molar-refractivity contribution >= 4 is 23.3 Å². The molecule has 0 aromatic heterocycles. The number of fused-ring (bicyclic) bond motifs is 1. The highest BCUT2D eigenvalue weighted by Gasteiger charge is 2.44. The molecule has 4 atom stereocenters. The summed E-state index contributed by atoms with van der Waals surface area (Å²) in [4.78, 5) is 26.5. The normalized spacial score (nSPS) is 25.1. The summed E-state index contributed by atoms with van der Waals surface area (Å²) in [6.45, 7) is 0.600. The molecule has 158 valence electrons. The van der Waals surface area contributed by atoms with Crippen molar-refractivity contribution in [3.05, 3.63) is 60.2 Å². The van der Waals surface area contributed by atoms with Crippen LogP contribution >= 0.6 is 0 Å². The number of hydrogen-bond donors (Lipinski definition) is 4. The average Bonchev–Trinajstić information content (AvgIpc) is 3.30. The summed E-state index contributed by atoms with van der Waals surface area (Å²) in [5.74, 6) is -0.161. The third-order valence-electron chi connectivity index (χ3n) is 5.52. The molecule has 2 aromatic rings. The van der Waals surface area contributed by atoms with Crippen molar-refractivity contribution < 1.29 is 24.5 Å². The Kier molecular flexibility index (Phi) is 5.98. The monoisotopic (exact) mass is 411 g/mol. The zero-order chi connectivity index (χ0) is 21.1. The first-order valence-electron chi connectivity index (χ1n) is 10.0. The highest BCUT2D eigenvalue weighted by molar-refractivity contribution is 5.95. The minimum atomic E-state index is -1.20. The molecule has 4 unspecified atom stereocenters. The molecule has 2 aliphatic rings. The molecule has 1 fully saturated rings. The van der Waals surface area contributed by atoms with Gasteiger partial charge in [-0.2, -0.15) is 0 Å². The lowest BCUT2D eigenvalue weighted by molar-refractivity contribution is -0.122. The Morgan fingerprint density at radius 1 is 1.00 bits per heavy atom. The minimum Gasteiger partial charge on any atom is -0.388 e. The number of aliphatic hydroxyl groups is 2. The van der Waals surface area contributed by atoms with Crippen LogP contribution < -0.4 is 15.5 Å². The molecule has 2 heterocycles. The van der Waals surface area contributed by atoms with Gasteiger partial charge in [-0.1, -0.05) is 36.4 Å². The summed E-state index contributed by atoms with van der Waals surface area (Å²) in [6.07, 6.45) is -3.27. The first-order chi connectivity index (χ1) is 14.5. The van der Waals surface area contributed by atoms with Crippen molar-refractivity contribution in [1.82, 2.24) is 5.32 Å².